The maximum Gasteiger partial charge on any atom is 0.317 e. The van der Waals surface area contributed by atoms with Crippen LogP contribution in [-0.4, -0.2) is 70.5 Å². The second-order valence-electron chi connectivity index (χ2n) is 6.77. The minimum Gasteiger partial charge on any atom is -0.480 e. The fourth-order valence-electron chi connectivity index (χ4n) is 3.41. The van der Waals surface area contributed by atoms with Gasteiger partial charge in [0, 0.05) is 37.0 Å². The van der Waals surface area contributed by atoms with Crippen LogP contribution < -0.4 is 5.32 Å². The van der Waals surface area contributed by atoms with E-state index in [0.717, 1.165) is 25.9 Å². The van der Waals surface area contributed by atoms with E-state index in [2.05, 4.69) is 5.32 Å². The number of amides is 1. The average Bonchev–Trinajstić information content (AvgIpc) is 2.61. The van der Waals surface area contributed by atoms with E-state index < -0.39 is 10.9 Å². The molecule has 0 aromatic heterocycles. The minimum absolute atomic E-state index is 0.00518. The molecule has 1 amide bonds. The predicted molar refractivity (Wildman–Crippen MR) is 101 cm³/mol. The van der Waals surface area contributed by atoms with E-state index >= 15 is 0 Å². The number of anilines is 1. The van der Waals surface area contributed by atoms with E-state index in [1.54, 1.807) is 13.0 Å². The van der Waals surface area contributed by atoms with Gasteiger partial charge < -0.3 is 10.4 Å². The smallest absolute Gasteiger partial charge is 0.317 e. The summed E-state index contributed by atoms with van der Waals surface area (Å²) < 4.78 is 0. The van der Waals surface area contributed by atoms with Crippen molar-refractivity contribution in [1.82, 2.24) is 9.80 Å². The highest BCUT2D eigenvalue weighted by Gasteiger charge is 2.26. The predicted octanol–water partition coefficient (Wildman–Crippen LogP) is 1.71. The molecular formula is C18H26N4O5. The largest absolute Gasteiger partial charge is 0.480 e. The van der Waals surface area contributed by atoms with Gasteiger partial charge in [-0.05, 0) is 37.9 Å². The molecule has 0 saturated carbocycles. The molecular weight excluding hydrogens is 352 g/mol. The van der Waals surface area contributed by atoms with Crippen molar-refractivity contribution in [2.24, 2.45) is 0 Å². The zero-order valence-electron chi connectivity index (χ0n) is 15.7. The number of carbonyl (C=O) groups excluding carboxylic acids is 1. The molecule has 1 aromatic rings. The van der Waals surface area contributed by atoms with Crippen LogP contribution in [0.3, 0.4) is 0 Å². The van der Waals surface area contributed by atoms with Gasteiger partial charge in [0.1, 0.15) is 0 Å². The molecule has 0 atom stereocenters. The lowest BCUT2D eigenvalue weighted by Crippen LogP contribution is -2.48. The summed E-state index contributed by atoms with van der Waals surface area (Å²) in [5.41, 5.74) is 1.21. The minimum atomic E-state index is -0.822. The Bertz CT molecular complexity index is 701. The SMILES string of the molecule is CCN(CC(=O)O)C1CCN(CC(=O)Nc2ccc([N+](=O)[O-])cc2C)CC1. The highest BCUT2D eigenvalue weighted by Crippen LogP contribution is 2.21. The van der Waals surface area contributed by atoms with E-state index in [1.807, 2.05) is 16.7 Å². The van der Waals surface area contributed by atoms with Crippen LogP contribution in [0.25, 0.3) is 0 Å². The molecule has 9 nitrogen and oxygen atoms in total. The summed E-state index contributed by atoms with van der Waals surface area (Å²) in [6, 6.07) is 4.57. The Hall–Kier alpha value is -2.52. The molecule has 1 aliphatic heterocycles. The zero-order valence-corrected chi connectivity index (χ0v) is 15.7. The van der Waals surface area contributed by atoms with Crippen LogP contribution in [0.2, 0.25) is 0 Å². The lowest BCUT2D eigenvalue weighted by Gasteiger charge is -2.37. The van der Waals surface area contributed by atoms with Crippen LogP contribution in [0.5, 0.6) is 0 Å². The first-order chi connectivity index (χ1) is 12.8. The van der Waals surface area contributed by atoms with Crippen LogP contribution in [-0.2, 0) is 9.59 Å². The number of carboxylic acids is 1. The summed E-state index contributed by atoms with van der Waals surface area (Å²) in [6.45, 7) is 6.11. The molecule has 0 spiro atoms. The molecule has 1 heterocycles. The van der Waals surface area contributed by atoms with Gasteiger partial charge in [0.15, 0.2) is 0 Å². The van der Waals surface area contributed by atoms with Crippen molar-refractivity contribution in [2.75, 3.05) is 38.0 Å². The summed E-state index contributed by atoms with van der Waals surface area (Å²) in [5.74, 6) is -0.986. The topological polar surface area (TPSA) is 116 Å². The number of nitrogens with zero attached hydrogens (tertiary/aromatic N) is 3. The maximum absolute atomic E-state index is 12.3. The Balaban J connectivity index is 1.84. The molecule has 0 bridgehead atoms. The molecule has 2 N–H and O–H groups in total. The number of non-ortho nitro benzene ring substituents is 1. The molecule has 9 heteroatoms. The maximum atomic E-state index is 12.3. The lowest BCUT2D eigenvalue weighted by atomic mass is 10.0. The number of hydrogen-bond donors (Lipinski definition) is 2. The summed E-state index contributed by atoms with van der Waals surface area (Å²) in [7, 11) is 0. The molecule has 27 heavy (non-hydrogen) atoms. The third-order valence-corrected chi connectivity index (χ3v) is 4.88. The lowest BCUT2D eigenvalue weighted by molar-refractivity contribution is -0.384. The molecule has 0 aliphatic carbocycles. The van der Waals surface area contributed by atoms with Crippen LogP contribution >= 0.6 is 0 Å². The molecule has 1 saturated heterocycles. The number of carbonyl (C=O) groups is 2. The van der Waals surface area contributed by atoms with E-state index in [-0.39, 0.29) is 30.7 Å². The van der Waals surface area contributed by atoms with E-state index in [1.165, 1.54) is 12.1 Å². The summed E-state index contributed by atoms with van der Waals surface area (Å²) in [5, 5.41) is 22.6. The number of likely N-dealkylation sites (tertiary alicyclic amines) is 1. The molecule has 1 fully saturated rings. The van der Waals surface area contributed by atoms with Crippen molar-refractivity contribution in [3.63, 3.8) is 0 Å². The van der Waals surface area contributed by atoms with Gasteiger partial charge in [0.25, 0.3) is 5.69 Å². The van der Waals surface area contributed by atoms with Crippen molar-refractivity contribution < 1.29 is 19.6 Å². The number of nitro groups is 1. The number of likely N-dealkylation sites (N-methyl/N-ethyl adjacent to an activating group) is 1. The Labute approximate surface area is 158 Å². The van der Waals surface area contributed by atoms with Crippen molar-refractivity contribution in [1.29, 1.82) is 0 Å². The molecule has 0 unspecified atom stereocenters. The van der Waals surface area contributed by atoms with Gasteiger partial charge in [-0.2, -0.15) is 0 Å². The number of nitro benzene ring substituents is 1. The summed E-state index contributed by atoms with van der Waals surface area (Å²) in [6.07, 6.45) is 1.65. The number of aliphatic carboxylic acids is 1. The third-order valence-electron chi connectivity index (χ3n) is 4.88. The second kappa shape index (κ2) is 9.43. The van der Waals surface area contributed by atoms with Gasteiger partial charge in [0.05, 0.1) is 18.0 Å². The number of carboxylic acid groups (broad SMARTS) is 1. The number of aryl methyl sites for hydroxylation is 1. The average molecular weight is 378 g/mol. The molecule has 148 valence electrons. The quantitative estimate of drug-likeness (QED) is 0.522. The normalized spacial score (nSPS) is 15.7. The Morgan fingerprint density at radius 2 is 2.04 bits per heavy atom. The Morgan fingerprint density at radius 3 is 2.56 bits per heavy atom. The van der Waals surface area contributed by atoms with Gasteiger partial charge in [-0.1, -0.05) is 6.92 Å². The number of hydrogen-bond acceptors (Lipinski definition) is 6. The molecule has 1 aliphatic rings. The van der Waals surface area contributed by atoms with Crippen LogP contribution in [0.1, 0.15) is 25.3 Å². The first-order valence-electron chi connectivity index (χ1n) is 9.03. The van der Waals surface area contributed by atoms with Crippen molar-refractivity contribution in [2.45, 2.75) is 32.7 Å². The van der Waals surface area contributed by atoms with Crippen molar-refractivity contribution >= 4 is 23.3 Å². The number of nitrogens with one attached hydrogen (secondary N) is 1. The highest BCUT2D eigenvalue weighted by molar-refractivity contribution is 5.93. The molecule has 2 rings (SSSR count). The van der Waals surface area contributed by atoms with E-state index in [9.17, 15) is 19.7 Å². The zero-order chi connectivity index (χ0) is 20.0. The van der Waals surface area contributed by atoms with E-state index in [4.69, 9.17) is 5.11 Å². The standard InChI is InChI=1S/C18H26N4O5/c1-3-21(12-18(24)25)14-6-8-20(9-7-14)11-17(23)19-16-5-4-15(22(26)27)10-13(16)2/h4-5,10,14H,3,6-9,11-12H2,1-2H3,(H,19,23)(H,24,25). The van der Waals surface area contributed by atoms with Crippen LogP contribution in [0.4, 0.5) is 11.4 Å². The van der Waals surface area contributed by atoms with Crippen molar-refractivity contribution in [3.8, 4) is 0 Å². The van der Waals surface area contributed by atoms with Crippen LogP contribution in [0, 0.1) is 17.0 Å². The fraction of sp³-hybridized carbons (Fsp3) is 0.556. The molecule has 0 radical (unpaired) electrons. The number of rotatable bonds is 8. The van der Waals surface area contributed by atoms with E-state index in [0.29, 0.717) is 17.8 Å². The van der Waals surface area contributed by atoms with Crippen LogP contribution in [0.15, 0.2) is 18.2 Å². The Morgan fingerprint density at radius 1 is 1.37 bits per heavy atom. The molecule has 1 aromatic carbocycles. The Kier molecular flexibility index (Phi) is 7.26. The summed E-state index contributed by atoms with van der Waals surface area (Å²) in [4.78, 5) is 37.5. The van der Waals surface area contributed by atoms with Gasteiger partial charge in [-0.15, -0.1) is 0 Å². The second-order valence-corrected chi connectivity index (χ2v) is 6.77. The van der Waals surface area contributed by atoms with Gasteiger partial charge >= 0.3 is 5.97 Å². The first-order valence-corrected chi connectivity index (χ1v) is 9.03. The third kappa shape index (κ3) is 6.00. The fourth-order valence-corrected chi connectivity index (χ4v) is 3.41. The highest BCUT2D eigenvalue weighted by atomic mass is 16.6. The van der Waals surface area contributed by atoms with Gasteiger partial charge in [0.2, 0.25) is 5.91 Å². The first kappa shape index (κ1) is 20.8. The summed E-state index contributed by atoms with van der Waals surface area (Å²) >= 11 is 0. The van der Waals surface area contributed by atoms with Crippen molar-refractivity contribution in [3.05, 3.63) is 33.9 Å². The number of benzene rings is 1. The monoisotopic (exact) mass is 378 g/mol. The number of piperidine rings is 1. The van der Waals surface area contributed by atoms with Gasteiger partial charge in [-0.3, -0.25) is 29.5 Å². The van der Waals surface area contributed by atoms with Gasteiger partial charge in [-0.25, -0.2) is 0 Å².